The highest BCUT2D eigenvalue weighted by molar-refractivity contribution is 14.1. The number of pyridine rings is 1. The fourth-order valence-electron chi connectivity index (χ4n) is 1.31. The molecule has 8 heteroatoms. The van der Waals surface area contributed by atoms with E-state index in [1.54, 1.807) is 18.2 Å². The van der Waals surface area contributed by atoms with Gasteiger partial charge in [0.15, 0.2) is 5.15 Å². The number of nitrogens with zero attached hydrogens (tertiary/aromatic N) is 1. The Hall–Kier alpha value is -0.380. The topological polar surface area (TPSA) is 59.1 Å². The van der Waals surface area contributed by atoms with E-state index in [2.05, 4.69) is 48.2 Å². The van der Waals surface area contributed by atoms with Crippen LogP contribution in [0.15, 0.2) is 45.9 Å². The number of benzene rings is 1. The molecule has 0 aliphatic carbocycles. The molecular weight excluding hydrogens is 466 g/mol. The van der Waals surface area contributed by atoms with Crippen LogP contribution in [0.3, 0.4) is 0 Å². The van der Waals surface area contributed by atoms with Gasteiger partial charge in [0.25, 0.3) is 10.0 Å². The lowest BCUT2D eigenvalue weighted by Crippen LogP contribution is -2.13. The van der Waals surface area contributed by atoms with Crippen LogP contribution < -0.4 is 4.72 Å². The van der Waals surface area contributed by atoms with Gasteiger partial charge in [-0.2, -0.15) is 0 Å². The third kappa shape index (κ3) is 3.80. The first-order valence-electron chi connectivity index (χ1n) is 4.98. The fraction of sp³-hybridized carbons (Fsp3) is 0. The van der Waals surface area contributed by atoms with Crippen molar-refractivity contribution in [3.8, 4) is 0 Å². The molecule has 0 saturated carbocycles. The Morgan fingerprint density at radius 2 is 1.89 bits per heavy atom. The van der Waals surface area contributed by atoms with Crippen LogP contribution in [0.2, 0.25) is 5.15 Å². The molecule has 1 aromatic carbocycles. The fourth-order valence-corrected chi connectivity index (χ4v) is 3.27. The highest BCUT2D eigenvalue weighted by Gasteiger charge is 2.16. The first-order chi connectivity index (χ1) is 8.88. The second kappa shape index (κ2) is 5.94. The molecule has 0 atom stereocenters. The third-order valence-corrected chi connectivity index (χ3v) is 5.01. The summed E-state index contributed by atoms with van der Waals surface area (Å²) in [5.41, 5.74) is 0.231. The minimum Gasteiger partial charge on any atom is -0.276 e. The van der Waals surface area contributed by atoms with Crippen molar-refractivity contribution in [1.82, 2.24) is 4.98 Å². The molecule has 0 aliphatic rings. The summed E-state index contributed by atoms with van der Waals surface area (Å²) in [7, 11) is -3.67. The van der Waals surface area contributed by atoms with Gasteiger partial charge in [-0.25, -0.2) is 13.4 Å². The Balaban J connectivity index is 2.36. The summed E-state index contributed by atoms with van der Waals surface area (Å²) < 4.78 is 28.3. The quantitative estimate of drug-likeness (QED) is 0.544. The Morgan fingerprint density at radius 3 is 2.53 bits per heavy atom. The summed E-state index contributed by atoms with van der Waals surface area (Å²) in [5.74, 6) is 0. The Kier molecular flexibility index (Phi) is 4.70. The average Bonchev–Trinajstić information content (AvgIpc) is 2.34. The van der Waals surface area contributed by atoms with Gasteiger partial charge in [-0.15, -0.1) is 0 Å². The lowest BCUT2D eigenvalue weighted by molar-refractivity contribution is 0.601. The maximum Gasteiger partial charge on any atom is 0.261 e. The SMILES string of the molecule is O=S(=O)(Nc1cc(Br)cnc1Cl)c1ccc(I)cc1. The molecule has 0 aliphatic heterocycles. The van der Waals surface area contributed by atoms with Crippen molar-refractivity contribution in [2.24, 2.45) is 0 Å². The summed E-state index contributed by atoms with van der Waals surface area (Å²) in [6, 6.07) is 8.05. The molecule has 100 valence electrons. The predicted molar refractivity (Wildman–Crippen MR) is 86.9 cm³/mol. The molecule has 1 N–H and O–H groups in total. The standard InChI is InChI=1S/C11H7BrClIN2O2S/c12-7-5-10(11(13)15-6-7)16-19(17,18)9-3-1-8(14)2-4-9/h1-6,16H. The van der Waals surface area contributed by atoms with Crippen LogP contribution in [-0.2, 0) is 10.0 Å². The molecule has 0 saturated heterocycles. The number of hydrogen-bond donors (Lipinski definition) is 1. The van der Waals surface area contributed by atoms with Gasteiger partial charge in [0.05, 0.1) is 10.6 Å². The number of aromatic nitrogens is 1. The van der Waals surface area contributed by atoms with E-state index in [0.29, 0.717) is 4.47 Å². The molecule has 4 nitrogen and oxygen atoms in total. The van der Waals surface area contributed by atoms with Crippen molar-refractivity contribution in [1.29, 1.82) is 0 Å². The molecule has 1 heterocycles. The second-order valence-corrected chi connectivity index (χ2v) is 7.75. The predicted octanol–water partition coefficient (Wildman–Crippen LogP) is 3.90. The van der Waals surface area contributed by atoms with E-state index in [9.17, 15) is 8.42 Å². The summed E-state index contributed by atoms with van der Waals surface area (Å²) in [6.07, 6.45) is 1.49. The summed E-state index contributed by atoms with van der Waals surface area (Å²) in [5, 5.41) is 0.0947. The van der Waals surface area contributed by atoms with Crippen molar-refractivity contribution >= 4 is 65.8 Å². The number of halogens is 3. The molecule has 1 aromatic heterocycles. The molecule has 0 spiro atoms. The van der Waals surface area contributed by atoms with E-state index in [1.807, 2.05) is 0 Å². The van der Waals surface area contributed by atoms with E-state index >= 15 is 0 Å². The molecule has 0 unspecified atom stereocenters. The summed E-state index contributed by atoms with van der Waals surface area (Å²) in [4.78, 5) is 4.03. The van der Waals surface area contributed by atoms with E-state index in [0.717, 1.165) is 3.57 Å². The van der Waals surface area contributed by atoms with Gasteiger partial charge in [-0.3, -0.25) is 4.72 Å². The molecule has 0 bridgehead atoms. The zero-order chi connectivity index (χ0) is 14.0. The lowest BCUT2D eigenvalue weighted by atomic mass is 10.4. The molecule has 0 radical (unpaired) electrons. The molecule has 0 fully saturated rings. The number of sulfonamides is 1. The Morgan fingerprint density at radius 1 is 1.26 bits per heavy atom. The van der Waals surface area contributed by atoms with E-state index in [1.165, 1.54) is 18.3 Å². The summed E-state index contributed by atoms with van der Waals surface area (Å²) in [6.45, 7) is 0. The van der Waals surface area contributed by atoms with Gasteiger partial charge in [-0.05, 0) is 68.9 Å². The van der Waals surface area contributed by atoms with Gasteiger partial charge in [0.2, 0.25) is 0 Å². The van der Waals surface area contributed by atoms with Gasteiger partial charge < -0.3 is 0 Å². The zero-order valence-electron chi connectivity index (χ0n) is 9.27. The molecule has 0 amide bonds. The van der Waals surface area contributed by atoms with E-state index < -0.39 is 10.0 Å². The van der Waals surface area contributed by atoms with Gasteiger partial charge >= 0.3 is 0 Å². The summed E-state index contributed by atoms with van der Waals surface area (Å²) >= 11 is 11.2. The lowest BCUT2D eigenvalue weighted by Gasteiger charge is -2.09. The van der Waals surface area contributed by atoms with Crippen LogP contribution in [0, 0.1) is 3.57 Å². The van der Waals surface area contributed by atoms with Gasteiger partial charge in [0, 0.05) is 14.2 Å². The number of rotatable bonds is 3. The average molecular weight is 474 g/mol. The normalized spacial score (nSPS) is 11.3. The number of hydrogen-bond acceptors (Lipinski definition) is 3. The van der Waals surface area contributed by atoms with Crippen molar-refractivity contribution in [3.05, 3.63) is 49.7 Å². The second-order valence-electron chi connectivity index (χ2n) is 3.55. The van der Waals surface area contributed by atoms with Gasteiger partial charge in [-0.1, -0.05) is 11.6 Å². The van der Waals surface area contributed by atoms with Crippen LogP contribution in [-0.4, -0.2) is 13.4 Å². The highest BCUT2D eigenvalue weighted by atomic mass is 127. The number of anilines is 1. The van der Waals surface area contributed by atoms with Crippen molar-refractivity contribution in [2.45, 2.75) is 4.90 Å². The maximum atomic E-state index is 12.2. The zero-order valence-corrected chi connectivity index (χ0v) is 14.6. The Labute approximate surface area is 137 Å². The maximum absolute atomic E-state index is 12.2. The van der Waals surface area contributed by atoms with Crippen molar-refractivity contribution in [2.75, 3.05) is 4.72 Å². The van der Waals surface area contributed by atoms with Crippen LogP contribution in [0.25, 0.3) is 0 Å². The molecule has 19 heavy (non-hydrogen) atoms. The van der Waals surface area contributed by atoms with E-state index in [-0.39, 0.29) is 15.7 Å². The molecule has 2 rings (SSSR count). The van der Waals surface area contributed by atoms with Crippen LogP contribution >= 0.6 is 50.1 Å². The largest absolute Gasteiger partial charge is 0.276 e. The highest BCUT2D eigenvalue weighted by Crippen LogP contribution is 2.25. The first kappa shape index (κ1) is 15.0. The minimum absolute atomic E-state index is 0.0947. The third-order valence-electron chi connectivity index (χ3n) is 2.17. The number of nitrogens with one attached hydrogen (secondary N) is 1. The minimum atomic E-state index is -3.67. The van der Waals surface area contributed by atoms with Crippen LogP contribution in [0.4, 0.5) is 5.69 Å². The van der Waals surface area contributed by atoms with E-state index in [4.69, 9.17) is 11.6 Å². The smallest absolute Gasteiger partial charge is 0.261 e. The monoisotopic (exact) mass is 472 g/mol. The van der Waals surface area contributed by atoms with Crippen molar-refractivity contribution in [3.63, 3.8) is 0 Å². The molecule has 2 aromatic rings. The molecular formula is C11H7BrClIN2O2S. The van der Waals surface area contributed by atoms with Crippen LogP contribution in [0.1, 0.15) is 0 Å². The van der Waals surface area contributed by atoms with Gasteiger partial charge in [0.1, 0.15) is 0 Å². The van der Waals surface area contributed by atoms with Crippen molar-refractivity contribution < 1.29 is 8.42 Å². The Bertz CT molecular complexity index is 707. The van der Waals surface area contributed by atoms with Crippen LogP contribution in [0.5, 0.6) is 0 Å². The first-order valence-corrected chi connectivity index (χ1v) is 8.71.